The lowest BCUT2D eigenvalue weighted by Crippen LogP contribution is -2.32. The van der Waals surface area contributed by atoms with E-state index in [1.165, 1.54) is 0 Å². The molecule has 136 valence electrons. The molecular weight excluding hydrogens is 334 g/mol. The number of benzene rings is 3. The zero-order chi connectivity index (χ0) is 18.8. The summed E-state index contributed by atoms with van der Waals surface area (Å²) in [6.07, 6.45) is 0.225. The van der Waals surface area contributed by atoms with Crippen LogP contribution in [0.25, 0.3) is 21.5 Å². The number of carboxylic acids is 1. The van der Waals surface area contributed by atoms with Crippen molar-refractivity contribution >= 4 is 27.5 Å². The molecule has 0 amide bonds. The number of methoxy groups -OCH3 is 3. The predicted octanol–water partition coefficient (Wildman–Crippen LogP) is 2.97. The van der Waals surface area contributed by atoms with E-state index in [1.54, 1.807) is 21.3 Å². The molecule has 3 N–H and O–H groups in total. The molecule has 0 aromatic heterocycles. The molecule has 3 aromatic rings. The molecule has 0 radical (unpaired) electrons. The Kier molecular flexibility index (Phi) is 4.86. The van der Waals surface area contributed by atoms with Crippen molar-refractivity contribution < 1.29 is 24.1 Å². The molecule has 0 aliphatic rings. The summed E-state index contributed by atoms with van der Waals surface area (Å²) in [5.74, 6) is 0.919. The first-order valence-corrected chi connectivity index (χ1v) is 8.12. The first-order chi connectivity index (χ1) is 12.5. The van der Waals surface area contributed by atoms with Crippen molar-refractivity contribution in [2.45, 2.75) is 12.5 Å². The number of hydrogen-bond acceptors (Lipinski definition) is 5. The maximum atomic E-state index is 11.2. The van der Waals surface area contributed by atoms with Crippen molar-refractivity contribution in [2.75, 3.05) is 21.3 Å². The second-order valence-corrected chi connectivity index (χ2v) is 6.02. The molecule has 1 atom stereocenters. The molecule has 0 aliphatic heterocycles. The van der Waals surface area contributed by atoms with Gasteiger partial charge in [0.15, 0.2) is 11.5 Å². The SMILES string of the molecule is COc1ccc2c(C[C@@H](N)C(=O)O)cc3cc(OC)c(OC)cc3c2c1. The number of rotatable bonds is 6. The number of ether oxygens (including phenoxy) is 3. The number of hydrogen-bond donors (Lipinski definition) is 2. The zero-order valence-corrected chi connectivity index (χ0v) is 14.9. The average Bonchev–Trinajstić information content (AvgIpc) is 2.66. The van der Waals surface area contributed by atoms with E-state index in [2.05, 4.69) is 0 Å². The minimum atomic E-state index is -1.03. The van der Waals surface area contributed by atoms with Gasteiger partial charge in [0.25, 0.3) is 0 Å². The van der Waals surface area contributed by atoms with Crippen LogP contribution in [0.15, 0.2) is 36.4 Å². The monoisotopic (exact) mass is 355 g/mol. The highest BCUT2D eigenvalue weighted by Crippen LogP contribution is 2.38. The number of aliphatic carboxylic acids is 1. The maximum absolute atomic E-state index is 11.2. The van der Waals surface area contributed by atoms with E-state index < -0.39 is 12.0 Å². The van der Waals surface area contributed by atoms with E-state index in [4.69, 9.17) is 19.9 Å². The topological polar surface area (TPSA) is 91.0 Å². The van der Waals surface area contributed by atoms with E-state index in [9.17, 15) is 9.90 Å². The van der Waals surface area contributed by atoms with Crippen molar-refractivity contribution in [3.05, 3.63) is 42.0 Å². The number of carbonyl (C=O) groups is 1. The van der Waals surface area contributed by atoms with Gasteiger partial charge in [-0.15, -0.1) is 0 Å². The predicted molar refractivity (Wildman–Crippen MR) is 100 cm³/mol. The lowest BCUT2D eigenvalue weighted by Gasteiger charge is -2.16. The normalized spacial score (nSPS) is 12.2. The maximum Gasteiger partial charge on any atom is 0.320 e. The summed E-state index contributed by atoms with van der Waals surface area (Å²) in [5, 5.41) is 12.9. The summed E-state index contributed by atoms with van der Waals surface area (Å²) in [6.45, 7) is 0. The molecule has 26 heavy (non-hydrogen) atoms. The van der Waals surface area contributed by atoms with Crippen LogP contribution in [-0.2, 0) is 11.2 Å². The van der Waals surface area contributed by atoms with Gasteiger partial charge in [-0.3, -0.25) is 4.79 Å². The van der Waals surface area contributed by atoms with Crippen molar-refractivity contribution in [3.63, 3.8) is 0 Å². The van der Waals surface area contributed by atoms with Gasteiger partial charge in [-0.1, -0.05) is 12.1 Å². The van der Waals surface area contributed by atoms with Crippen LogP contribution in [-0.4, -0.2) is 38.4 Å². The lowest BCUT2D eigenvalue weighted by atomic mass is 9.93. The third-order valence-corrected chi connectivity index (χ3v) is 4.51. The van der Waals surface area contributed by atoms with Crippen LogP contribution in [0, 0.1) is 0 Å². The second kappa shape index (κ2) is 7.09. The molecule has 0 saturated carbocycles. The molecule has 0 aliphatic carbocycles. The van der Waals surface area contributed by atoms with Gasteiger partial charge in [0.1, 0.15) is 11.8 Å². The second-order valence-electron chi connectivity index (χ2n) is 6.02. The summed E-state index contributed by atoms with van der Waals surface area (Å²) in [5.41, 5.74) is 6.63. The summed E-state index contributed by atoms with van der Waals surface area (Å²) >= 11 is 0. The molecule has 0 spiro atoms. The first-order valence-electron chi connectivity index (χ1n) is 8.12. The van der Waals surface area contributed by atoms with Crippen LogP contribution in [0.1, 0.15) is 5.56 Å². The van der Waals surface area contributed by atoms with E-state index in [1.807, 2.05) is 36.4 Å². The van der Waals surface area contributed by atoms with Gasteiger partial charge < -0.3 is 25.1 Å². The van der Waals surface area contributed by atoms with Crippen LogP contribution in [0.2, 0.25) is 0 Å². The van der Waals surface area contributed by atoms with E-state index >= 15 is 0 Å². The molecule has 6 nitrogen and oxygen atoms in total. The standard InChI is InChI=1S/C20H21NO5/c1-24-13-4-5-14-11(7-17(21)20(22)23)6-12-8-18(25-2)19(26-3)10-15(12)16(14)9-13/h4-6,8-10,17H,7,21H2,1-3H3,(H,22,23)/t17-/m1/s1. The smallest absolute Gasteiger partial charge is 0.320 e. The van der Waals surface area contributed by atoms with Crippen LogP contribution in [0.5, 0.6) is 17.2 Å². The van der Waals surface area contributed by atoms with Gasteiger partial charge in [-0.2, -0.15) is 0 Å². The molecular formula is C20H21NO5. The number of fused-ring (bicyclic) bond motifs is 3. The molecule has 0 fully saturated rings. The third kappa shape index (κ3) is 3.11. The Labute approximate surface area is 151 Å². The van der Waals surface area contributed by atoms with Gasteiger partial charge in [0.05, 0.1) is 21.3 Å². The summed E-state index contributed by atoms with van der Waals surface area (Å²) < 4.78 is 16.2. The minimum Gasteiger partial charge on any atom is -0.497 e. The highest BCUT2D eigenvalue weighted by Gasteiger charge is 2.17. The van der Waals surface area contributed by atoms with Crippen molar-refractivity contribution in [3.8, 4) is 17.2 Å². The molecule has 0 heterocycles. The van der Waals surface area contributed by atoms with E-state index in [0.29, 0.717) is 17.2 Å². The molecule has 0 bridgehead atoms. The first kappa shape index (κ1) is 17.8. The number of carboxylic acid groups (broad SMARTS) is 1. The van der Waals surface area contributed by atoms with Crippen molar-refractivity contribution in [1.82, 2.24) is 0 Å². The van der Waals surface area contributed by atoms with Crippen LogP contribution >= 0.6 is 0 Å². The van der Waals surface area contributed by atoms with Gasteiger partial charge in [-0.25, -0.2) is 0 Å². The highest BCUT2D eigenvalue weighted by molar-refractivity contribution is 6.10. The van der Waals surface area contributed by atoms with Gasteiger partial charge in [0.2, 0.25) is 0 Å². The fourth-order valence-electron chi connectivity index (χ4n) is 3.16. The lowest BCUT2D eigenvalue weighted by molar-refractivity contribution is -0.138. The number of nitrogens with two attached hydrogens (primary N) is 1. The Morgan fingerprint density at radius 2 is 1.65 bits per heavy atom. The largest absolute Gasteiger partial charge is 0.497 e. The molecule has 3 rings (SSSR count). The highest BCUT2D eigenvalue weighted by atomic mass is 16.5. The van der Waals surface area contributed by atoms with Gasteiger partial charge in [0, 0.05) is 0 Å². The molecule has 0 unspecified atom stereocenters. The van der Waals surface area contributed by atoms with Crippen LogP contribution in [0.3, 0.4) is 0 Å². The van der Waals surface area contributed by atoms with Crippen LogP contribution in [0.4, 0.5) is 0 Å². The molecule has 3 aromatic carbocycles. The molecule has 0 saturated heterocycles. The summed E-state index contributed by atoms with van der Waals surface area (Å²) in [6, 6.07) is 10.5. The van der Waals surface area contributed by atoms with E-state index in [0.717, 1.165) is 27.1 Å². The third-order valence-electron chi connectivity index (χ3n) is 4.51. The zero-order valence-electron chi connectivity index (χ0n) is 14.9. The Morgan fingerprint density at radius 1 is 0.962 bits per heavy atom. The van der Waals surface area contributed by atoms with Crippen molar-refractivity contribution in [2.24, 2.45) is 5.73 Å². The Hall–Kier alpha value is -2.99. The Balaban J connectivity index is 2.34. The fourth-order valence-corrected chi connectivity index (χ4v) is 3.16. The Bertz CT molecular complexity index is 983. The van der Waals surface area contributed by atoms with E-state index in [-0.39, 0.29) is 6.42 Å². The quantitative estimate of drug-likeness (QED) is 0.661. The van der Waals surface area contributed by atoms with Gasteiger partial charge >= 0.3 is 5.97 Å². The Morgan fingerprint density at radius 3 is 2.27 bits per heavy atom. The minimum absolute atomic E-state index is 0.225. The average molecular weight is 355 g/mol. The van der Waals surface area contributed by atoms with Gasteiger partial charge in [-0.05, 0) is 57.8 Å². The van der Waals surface area contributed by atoms with Crippen molar-refractivity contribution in [1.29, 1.82) is 0 Å². The fraction of sp³-hybridized carbons (Fsp3) is 0.250. The summed E-state index contributed by atoms with van der Waals surface area (Å²) in [7, 11) is 4.78. The summed E-state index contributed by atoms with van der Waals surface area (Å²) in [4.78, 5) is 11.2. The van der Waals surface area contributed by atoms with Crippen LogP contribution < -0.4 is 19.9 Å². The molecule has 6 heteroatoms.